The molecule has 2 rings (SSSR count). The van der Waals surface area contributed by atoms with Crippen molar-refractivity contribution < 1.29 is 27.9 Å². The first-order chi connectivity index (χ1) is 15.4. The van der Waals surface area contributed by atoms with Gasteiger partial charge in [0.2, 0.25) is 0 Å². The van der Waals surface area contributed by atoms with E-state index in [1.807, 2.05) is 6.08 Å². The van der Waals surface area contributed by atoms with Crippen LogP contribution in [0.2, 0.25) is 4.82 Å². The summed E-state index contributed by atoms with van der Waals surface area (Å²) in [5, 5.41) is 9.66. The van der Waals surface area contributed by atoms with E-state index in [0.29, 0.717) is 5.71 Å². The van der Waals surface area contributed by atoms with Gasteiger partial charge in [-0.05, 0) is 0 Å². The van der Waals surface area contributed by atoms with E-state index in [2.05, 4.69) is 11.0 Å². The quantitative estimate of drug-likeness (QED) is 0.458. The molecule has 1 aromatic carbocycles. The molecule has 8 nitrogen and oxygen atoms in total. The van der Waals surface area contributed by atoms with Gasteiger partial charge in [-0.15, -0.1) is 0 Å². The molecule has 2 atom stereocenters. The molecule has 178 valence electrons. The number of nitrogens with zero attached hydrogens (tertiary/aromatic N) is 2. The minimum absolute atomic E-state index is 0.0768. The molecule has 1 amide bonds. The summed E-state index contributed by atoms with van der Waals surface area (Å²) in [5.41, 5.74) is -0.402. The van der Waals surface area contributed by atoms with Crippen molar-refractivity contribution in [3.63, 3.8) is 0 Å². The van der Waals surface area contributed by atoms with Crippen molar-refractivity contribution in [2.45, 2.75) is 42.1 Å². The van der Waals surface area contributed by atoms with Crippen LogP contribution in [0, 0.1) is 0 Å². The molecule has 0 aromatic heterocycles. The average molecular weight is 558 g/mol. The molecule has 11 heteroatoms. The van der Waals surface area contributed by atoms with Gasteiger partial charge in [0.05, 0.1) is 0 Å². The van der Waals surface area contributed by atoms with E-state index in [1.165, 1.54) is 22.3 Å². The standard InChI is InChI=1S/C22H26N2O6S2Se/c1-5-24(21(27)30-22(2,3)4)18(20(25)26)15-31-33-19-14-10-9-13-17(19)23-32(28,29)16-11-7-6-8-12-16/h5-14,18-19H,1,15H2,2-4H3,(H,25,26)/t18-,19?/m0/s1. The van der Waals surface area contributed by atoms with Crippen LogP contribution in [-0.4, -0.2) is 67.4 Å². The van der Waals surface area contributed by atoms with Gasteiger partial charge in [-0.3, -0.25) is 0 Å². The van der Waals surface area contributed by atoms with Crippen LogP contribution in [0.1, 0.15) is 20.8 Å². The third-order valence-electron chi connectivity index (χ3n) is 4.04. The van der Waals surface area contributed by atoms with Crippen LogP contribution in [0.4, 0.5) is 4.79 Å². The molecule has 0 heterocycles. The Bertz CT molecular complexity index is 1060. The van der Waals surface area contributed by atoms with Crippen LogP contribution < -0.4 is 0 Å². The maximum absolute atomic E-state index is 12.6. The summed E-state index contributed by atoms with van der Waals surface area (Å²) in [7, 11) is -2.54. The van der Waals surface area contributed by atoms with E-state index < -0.39 is 33.7 Å². The Morgan fingerprint density at radius 3 is 2.55 bits per heavy atom. The van der Waals surface area contributed by atoms with E-state index in [0.717, 1.165) is 11.1 Å². The summed E-state index contributed by atoms with van der Waals surface area (Å²) in [5.74, 6) is -1.11. The Hall–Kier alpha value is -2.33. The number of benzene rings is 1. The summed E-state index contributed by atoms with van der Waals surface area (Å²) in [6, 6.07) is 6.76. The Morgan fingerprint density at radius 1 is 1.30 bits per heavy atom. The Balaban J connectivity index is 2.11. The first kappa shape index (κ1) is 26.9. The number of carbonyl (C=O) groups excluding carboxylic acids is 1. The maximum atomic E-state index is 12.6. The second-order valence-corrected chi connectivity index (χ2v) is 13.9. The van der Waals surface area contributed by atoms with Crippen LogP contribution in [0.5, 0.6) is 0 Å². The van der Waals surface area contributed by atoms with Crippen molar-refractivity contribution in [2.75, 3.05) is 5.75 Å². The van der Waals surface area contributed by atoms with Crippen LogP contribution in [0.25, 0.3) is 0 Å². The van der Waals surface area contributed by atoms with Crippen molar-refractivity contribution in [3.05, 3.63) is 67.4 Å². The van der Waals surface area contributed by atoms with Crippen LogP contribution >= 0.6 is 10.2 Å². The molecular weight excluding hydrogens is 531 g/mol. The van der Waals surface area contributed by atoms with E-state index in [-0.39, 0.29) is 29.3 Å². The molecular formula is C22H26N2O6S2Se. The molecule has 1 N–H and O–H groups in total. The number of rotatable bonds is 9. The number of ether oxygens (including phenoxy) is 1. The number of carboxylic acids is 1. The van der Waals surface area contributed by atoms with Gasteiger partial charge >= 0.3 is 204 Å². The van der Waals surface area contributed by atoms with Gasteiger partial charge in [0.25, 0.3) is 0 Å². The first-order valence-corrected chi connectivity index (χ1v) is 15.3. The van der Waals surface area contributed by atoms with Gasteiger partial charge in [-0.1, -0.05) is 0 Å². The zero-order chi connectivity index (χ0) is 24.6. The molecule has 1 aliphatic carbocycles. The van der Waals surface area contributed by atoms with Gasteiger partial charge in [0.15, 0.2) is 0 Å². The third-order valence-corrected chi connectivity index (χ3v) is 10.0. The molecule has 1 aliphatic rings. The number of amides is 1. The second kappa shape index (κ2) is 11.7. The average Bonchev–Trinajstić information content (AvgIpc) is 2.73. The zero-order valence-corrected chi connectivity index (χ0v) is 21.8. The summed E-state index contributed by atoms with van der Waals surface area (Å²) in [6.45, 7) is 8.61. The third kappa shape index (κ3) is 8.19. The normalized spacial score (nSPS) is 18.0. The molecule has 0 spiro atoms. The molecule has 1 unspecified atom stereocenters. The van der Waals surface area contributed by atoms with E-state index >= 15 is 0 Å². The molecule has 0 bridgehead atoms. The SMILES string of the molecule is C=CN(C(=O)OC(C)(C)C)[C@@H](CS[Se]C1C=CC=CC1=NS(=O)(=O)c1ccccc1)C(=O)O. The predicted octanol–water partition coefficient (Wildman–Crippen LogP) is 3.92. The van der Waals surface area contributed by atoms with Crippen molar-refractivity contribution in [1.29, 1.82) is 0 Å². The summed E-state index contributed by atoms with van der Waals surface area (Å²) < 4.78 is 34.6. The first-order valence-electron chi connectivity index (χ1n) is 9.84. The van der Waals surface area contributed by atoms with Crippen LogP contribution in [0.3, 0.4) is 0 Å². The fourth-order valence-corrected chi connectivity index (χ4v) is 8.30. The van der Waals surface area contributed by atoms with Gasteiger partial charge < -0.3 is 0 Å². The van der Waals surface area contributed by atoms with Gasteiger partial charge in [0, 0.05) is 0 Å². The number of hydrogen-bond acceptors (Lipinski definition) is 6. The summed E-state index contributed by atoms with van der Waals surface area (Å²) in [6.07, 6.45) is 7.32. The zero-order valence-electron chi connectivity index (χ0n) is 18.5. The fourth-order valence-electron chi connectivity index (χ4n) is 2.55. The molecule has 33 heavy (non-hydrogen) atoms. The van der Waals surface area contributed by atoms with E-state index in [1.54, 1.807) is 57.2 Å². The van der Waals surface area contributed by atoms with Crippen molar-refractivity contribution in [2.24, 2.45) is 4.40 Å². The number of allylic oxidation sites excluding steroid dienone is 4. The van der Waals surface area contributed by atoms with Crippen molar-refractivity contribution in [3.8, 4) is 0 Å². The van der Waals surface area contributed by atoms with Crippen LogP contribution in [-0.2, 0) is 19.6 Å². The number of carbonyl (C=O) groups is 2. The molecule has 0 aliphatic heterocycles. The van der Waals surface area contributed by atoms with E-state index in [4.69, 9.17) is 4.74 Å². The number of carboxylic acid groups (broad SMARTS) is 1. The topological polar surface area (TPSA) is 113 Å². The Labute approximate surface area is 203 Å². The number of sulfonamides is 1. The predicted molar refractivity (Wildman–Crippen MR) is 131 cm³/mol. The minimum atomic E-state index is -3.87. The number of hydrogen-bond donors (Lipinski definition) is 1. The molecule has 0 saturated carbocycles. The van der Waals surface area contributed by atoms with Gasteiger partial charge in [-0.25, -0.2) is 0 Å². The second-order valence-electron chi connectivity index (χ2n) is 7.77. The van der Waals surface area contributed by atoms with Crippen LogP contribution in [0.15, 0.2) is 76.7 Å². The Kier molecular flexibility index (Phi) is 9.54. The van der Waals surface area contributed by atoms with Gasteiger partial charge in [-0.2, -0.15) is 0 Å². The fraction of sp³-hybridized carbons (Fsp3) is 0.318. The van der Waals surface area contributed by atoms with Crippen molar-refractivity contribution in [1.82, 2.24) is 4.90 Å². The summed E-state index contributed by atoms with van der Waals surface area (Å²) >= 11 is -0.291. The van der Waals surface area contributed by atoms with Gasteiger partial charge in [0.1, 0.15) is 0 Å². The Morgan fingerprint density at radius 2 is 1.97 bits per heavy atom. The molecule has 0 fully saturated rings. The molecule has 0 radical (unpaired) electrons. The van der Waals surface area contributed by atoms with Crippen molar-refractivity contribution >= 4 is 51.8 Å². The molecule has 1 aromatic rings. The summed E-state index contributed by atoms with van der Waals surface area (Å²) in [4.78, 5) is 25.0. The monoisotopic (exact) mass is 558 g/mol. The number of aliphatic carboxylic acids is 1. The van der Waals surface area contributed by atoms with E-state index in [9.17, 15) is 23.1 Å². The molecule has 0 saturated heterocycles.